The number of likely N-dealkylation sites (tertiary alicyclic amines) is 1. The predicted octanol–water partition coefficient (Wildman–Crippen LogP) is 4.47. The molecule has 10 heteroatoms. The van der Waals surface area contributed by atoms with Gasteiger partial charge in [0.15, 0.2) is 0 Å². The molecule has 7 nitrogen and oxygen atoms in total. The van der Waals surface area contributed by atoms with E-state index in [0.717, 1.165) is 18.4 Å². The van der Waals surface area contributed by atoms with Gasteiger partial charge in [0.05, 0.1) is 11.9 Å². The number of para-hydroxylation sites is 1. The van der Waals surface area contributed by atoms with Crippen LogP contribution in [0.4, 0.5) is 13.2 Å². The van der Waals surface area contributed by atoms with Gasteiger partial charge in [-0.15, -0.1) is 13.2 Å². The second-order valence-electron chi connectivity index (χ2n) is 9.49. The molecule has 1 saturated heterocycles. The summed E-state index contributed by atoms with van der Waals surface area (Å²) >= 11 is 0. The molecule has 1 aromatic carbocycles. The average molecular weight is 503 g/mol. The molecule has 2 unspecified atom stereocenters. The summed E-state index contributed by atoms with van der Waals surface area (Å²) in [6.45, 7) is 4.32. The van der Waals surface area contributed by atoms with E-state index in [4.69, 9.17) is 0 Å². The van der Waals surface area contributed by atoms with Crippen molar-refractivity contribution in [3.8, 4) is 5.75 Å². The lowest BCUT2D eigenvalue weighted by Gasteiger charge is -2.38. The Morgan fingerprint density at radius 2 is 2.03 bits per heavy atom. The number of rotatable bonds is 6. The molecule has 2 aliphatic rings. The second-order valence-corrected chi connectivity index (χ2v) is 9.49. The summed E-state index contributed by atoms with van der Waals surface area (Å²) in [5, 5.41) is 3.08. The molecule has 1 aliphatic carbocycles. The van der Waals surface area contributed by atoms with E-state index in [-0.39, 0.29) is 24.1 Å². The first kappa shape index (κ1) is 25.5. The van der Waals surface area contributed by atoms with Crippen LogP contribution in [0.2, 0.25) is 0 Å². The average Bonchev–Trinajstić information content (AvgIpc) is 3.31. The van der Waals surface area contributed by atoms with E-state index in [1.807, 2.05) is 13.8 Å². The minimum atomic E-state index is -4.80. The highest BCUT2D eigenvalue weighted by atomic mass is 19.4. The summed E-state index contributed by atoms with van der Waals surface area (Å²) in [6, 6.07) is 5.43. The number of ether oxygens (including phenoxy) is 1. The van der Waals surface area contributed by atoms with Gasteiger partial charge in [0, 0.05) is 24.5 Å². The number of halogens is 3. The maximum Gasteiger partial charge on any atom is 0.573 e. The topological polar surface area (TPSA) is 76.5 Å². The molecule has 192 valence electrons. The molecule has 2 aromatic rings. The van der Waals surface area contributed by atoms with Gasteiger partial charge in [-0.3, -0.25) is 9.59 Å². The van der Waals surface area contributed by atoms with Gasteiger partial charge in [0.2, 0.25) is 11.8 Å². The van der Waals surface area contributed by atoms with E-state index in [2.05, 4.69) is 15.0 Å². The standard InChI is InChI=1S/C26H29F3N4O3/c1-18-15-25(2,11-10-19(18)20-7-3-4-9-22(20)36-26(27,28)29)31-24(35)21-8-5-6-13-33(21)23(34)16-32-14-12-30-17-32/h3-4,7,9-12,14,17,21H,5-6,8,13,15-16H2,1-2H3,(H,31,35). The molecular formula is C26H29F3N4O3. The number of nitrogens with zero attached hydrogens (tertiary/aromatic N) is 3. The SMILES string of the molecule is CC1=C(c2ccccc2OC(F)(F)F)C=CC(C)(NC(=O)C2CCCCN2C(=O)Cn2ccnc2)C1. The first-order valence-corrected chi connectivity index (χ1v) is 11.9. The molecule has 1 aromatic heterocycles. The van der Waals surface area contributed by atoms with E-state index in [0.29, 0.717) is 30.5 Å². The van der Waals surface area contributed by atoms with Gasteiger partial charge in [-0.2, -0.15) is 0 Å². The van der Waals surface area contributed by atoms with Crippen molar-refractivity contribution in [3.63, 3.8) is 0 Å². The maximum absolute atomic E-state index is 13.3. The Bertz CT molecular complexity index is 1170. The van der Waals surface area contributed by atoms with Crippen LogP contribution in [0.25, 0.3) is 5.57 Å². The number of allylic oxidation sites excluding steroid dienone is 2. The second kappa shape index (κ2) is 10.2. The Kier molecular flexibility index (Phi) is 7.23. The Morgan fingerprint density at radius 3 is 2.72 bits per heavy atom. The zero-order valence-electron chi connectivity index (χ0n) is 20.2. The van der Waals surface area contributed by atoms with E-state index < -0.39 is 17.9 Å². The van der Waals surface area contributed by atoms with Crippen LogP contribution in [-0.2, 0) is 16.1 Å². The van der Waals surface area contributed by atoms with Gasteiger partial charge in [-0.25, -0.2) is 4.98 Å². The molecule has 1 aliphatic heterocycles. The van der Waals surface area contributed by atoms with Crippen molar-refractivity contribution in [3.05, 3.63) is 66.3 Å². The maximum atomic E-state index is 13.3. The van der Waals surface area contributed by atoms with Crippen molar-refractivity contribution < 1.29 is 27.5 Å². The monoisotopic (exact) mass is 502 g/mol. The highest BCUT2D eigenvalue weighted by Crippen LogP contribution is 2.38. The molecule has 1 fully saturated rings. The van der Waals surface area contributed by atoms with Crippen LogP contribution >= 0.6 is 0 Å². The van der Waals surface area contributed by atoms with Gasteiger partial charge < -0.3 is 19.5 Å². The van der Waals surface area contributed by atoms with E-state index >= 15 is 0 Å². The summed E-state index contributed by atoms with van der Waals surface area (Å²) in [7, 11) is 0. The number of aromatic nitrogens is 2. The van der Waals surface area contributed by atoms with Crippen LogP contribution < -0.4 is 10.1 Å². The molecule has 4 rings (SSSR count). The van der Waals surface area contributed by atoms with Crippen LogP contribution in [0.3, 0.4) is 0 Å². The quantitative estimate of drug-likeness (QED) is 0.633. The number of amides is 2. The van der Waals surface area contributed by atoms with Crippen molar-refractivity contribution >= 4 is 17.4 Å². The third-order valence-corrected chi connectivity index (χ3v) is 6.52. The molecule has 1 N–H and O–H groups in total. The fourth-order valence-corrected chi connectivity index (χ4v) is 4.92. The van der Waals surface area contributed by atoms with Gasteiger partial charge in [-0.05, 0) is 51.2 Å². The number of hydrogen-bond donors (Lipinski definition) is 1. The number of imidazole rings is 1. The third kappa shape index (κ3) is 5.98. The number of hydrogen-bond acceptors (Lipinski definition) is 4. The minimum absolute atomic E-state index is 0.117. The predicted molar refractivity (Wildman–Crippen MR) is 128 cm³/mol. The van der Waals surface area contributed by atoms with E-state index in [1.165, 1.54) is 12.1 Å². The lowest BCUT2D eigenvalue weighted by atomic mass is 9.82. The Labute approximate surface area is 207 Å². The normalized spacial score (nSPS) is 22.5. The zero-order chi connectivity index (χ0) is 25.9. The summed E-state index contributed by atoms with van der Waals surface area (Å²) in [5.41, 5.74) is 1.02. The van der Waals surface area contributed by atoms with Gasteiger partial charge in [-0.1, -0.05) is 35.9 Å². The Morgan fingerprint density at radius 1 is 1.25 bits per heavy atom. The Balaban J connectivity index is 1.47. The van der Waals surface area contributed by atoms with Crippen LogP contribution in [0.5, 0.6) is 5.75 Å². The van der Waals surface area contributed by atoms with E-state index in [1.54, 1.807) is 52.5 Å². The third-order valence-electron chi connectivity index (χ3n) is 6.52. The minimum Gasteiger partial charge on any atom is -0.405 e. The molecule has 0 bridgehead atoms. The molecule has 0 radical (unpaired) electrons. The molecule has 0 saturated carbocycles. The summed E-state index contributed by atoms with van der Waals surface area (Å²) in [5.74, 6) is -0.652. The van der Waals surface area contributed by atoms with Gasteiger partial charge in [0.1, 0.15) is 18.3 Å². The number of carbonyl (C=O) groups is 2. The number of piperidine rings is 1. The fraction of sp³-hybridized carbons (Fsp3) is 0.423. The van der Waals surface area contributed by atoms with Crippen LogP contribution in [0, 0.1) is 0 Å². The van der Waals surface area contributed by atoms with Crippen molar-refractivity contribution in [1.82, 2.24) is 19.8 Å². The highest BCUT2D eigenvalue weighted by molar-refractivity contribution is 5.89. The lowest BCUT2D eigenvalue weighted by Crippen LogP contribution is -2.57. The molecule has 0 spiro atoms. The number of benzene rings is 1. The zero-order valence-corrected chi connectivity index (χ0v) is 20.2. The highest BCUT2D eigenvalue weighted by Gasteiger charge is 2.37. The van der Waals surface area contributed by atoms with Gasteiger partial charge >= 0.3 is 6.36 Å². The molecular weight excluding hydrogens is 473 g/mol. The molecule has 36 heavy (non-hydrogen) atoms. The first-order valence-electron chi connectivity index (χ1n) is 11.9. The van der Waals surface area contributed by atoms with Crippen LogP contribution in [0.15, 0.2) is 60.7 Å². The van der Waals surface area contributed by atoms with Crippen LogP contribution in [0.1, 0.15) is 45.1 Å². The van der Waals surface area contributed by atoms with Crippen molar-refractivity contribution in [2.24, 2.45) is 0 Å². The van der Waals surface area contributed by atoms with E-state index in [9.17, 15) is 22.8 Å². The lowest BCUT2D eigenvalue weighted by molar-refractivity contribution is -0.274. The summed E-state index contributed by atoms with van der Waals surface area (Å²) in [4.78, 5) is 31.8. The smallest absolute Gasteiger partial charge is 0.405 e. The fourth-order valence-electron chi connectivity index (χ4n) is 4.92. The summed E-state index contributed by atoms with van der Waals surface area (Å²) in [6.07, 6.45) is 6.24. The largest absolute Gasteiger partial charge is 0.573 e. The van der Waals surface area contributed by atoms with Crippen molar-refractivity contribution in [1.29, 1.82) is 0 Å². The van der Waals surface area contributed by atoms with Crippen LogP contribution in [-0.4, -0.2) is 50.8 Å². The number of nitrogens with one attached hydrogen (secondary N) is 1. The van der Waals surface area contributed by atoms with Crippen molar-refractivity contribution in [2.75, 3.05) is 6.54 Å². The number of alkyl halides is 3. The first-order chi connectivity index (χ1) is 17.0. The number of carbonyl (C=O) groups excluding carboxylic acids is 2. The summed E-state index contributed by atoms with van der Waals surface area (Å²) < 4.78 is 44.6. The molecule has 2 atom stereocenters. The molecule has 2 heterocycles. The molecule has 2 amide bonds. The Hall–Kier alpha value is -3.56. The van der Waals surface area contributed by atoms with Gasteiger partial charge in [0.25, 0.3) is 0 Å². The van der Waals surface area contributed by atoms with Crippen molar-refractivity contribution in [2.45, 2.75) is 64.0 Å².